The number of carbonyl (C=O) groups is 2. The van der Waals surface area contributed by atoms with Gasteiger partial charge in [-0.2, -0.15) is 0 Å². The molecule has 0 atom stereocenters. The fourth-order valence-corrected chi connectivity index (χ4v) is 3.63. The van der Waals surface area contributed by atoms with Crippen LogP contribution in [0.2, 0.25) is 0 Å². The van der Waals surface area contributed by atoms with Gasteiger partial charge in [0.25, 0.3) is 0 Å². The van der Waals surface area contributed by atoms with Crippen LogP contribution in [0.4, 0.5) is 0 Å². The fourth-order valence-electron chi connectivity index (χ4n) is 2.56. The lowest BCUT2D eigenvalue weighted by Gasteiger charge is -2.27. The van der Waals surface area contributed by atoms with Gasteiger partial charge in [0.2, 0.25) is 5.91 Å². The van der Waals surface area contributed by atoms with E-state index in [0.29, 0.717) is 12.3 Å². The van der Waals surface area contributed by atoms with Crippen LogP contribution >= 0.6 is 11.3 Å². The Kier molecular flexibility index (Phi) is 5.95. The average Bonchev–Trinajstić information content (AvgIpc) is 3.05. The van der Waals surface area contributed by atoms with Gasteiger partial charge in [-0.25, -0.2) is 4.98 Å². The molecule has 0 radical (unpaired) electrons. The molecular formula is C19H24N2O3S. The Morgan fingerprint density at radius 2 is 1.96 bits per heavy atom. The predicted molar refractivity (Wildman–Crippen MR) is 99.6 cm³/mol. The lowest BCUT2D eigenvalue weighted by Crippen LogP contribution is -2.44. The van der Waals surface area contributed by atoms with E-state index in [1.807, 2.05) is 50.4 Å². The van der Waals surface area contributed by atoms with E-state index in [1.165, 1.54) is 16.2 Å². The monoisotopic (exact) mass is 360 g/mol. The quantitative estimate of drug-likeness (QED) is 0.741. The molecule has 0 saturated heterocycles. The SMILES string of the molecule is CCOC(=O)CN(C)C(=O)C(C)(C)c1csc(-c2ccccc2C)n1. The van der Waals surface area contributed by atoms with Gasteiger partial charge in [0, 0.05) is 18.0 Å². The summed E-state index contributed by atoms with van der Waals surface area (Å²) >= 11 is 1.52. The Balaban J connectivity index is 2.21. The lowest BCUT2D eigenvalue weighted by molar-refractivity contribution is -0.149. The molecule has 134 valence electrons. The number of aromatic nitrogens is 1. The number of nitrogens with zero attached hydrogens (tertiary/aromatic N) is 2. The van der Waals surface area contributed by atoms with Crippen molar-refractivity contribution in [3.05, 3.63) is 40.9 Å². The van der Waals surface area contributed by atoms with Crippen LogP contribution < -0.4 is 0 Å². The van der Waals surface area contributed by atoms with Gasteiger partial charge in [-0.3, -0.25) is 9.59 Å². The van der Waals surface area contributed by atoms with Crippen LogP contribution in [0, 0.1) is 6.92 Å². The molecule has 0 spiro atoms. The molecule has 5 nitrogen and oxygen atoms in total. The summed E-state index contributed by atoms with van der Waals surface area (Å²) < 4.78 is 4.91. The zero-order valence-corrected chi connectivity index (χ0v) is 16.1. The van der Waals surface area contributed by atoms with E-state index in [2.05, 4.69) is 4.98 Å². The topological polar surface area (TPSA) is 59.5 Å². The molecule has 1 amide bonds. The molecule has 2 rings (SSSR count). The van der Waals surface area contributed by atoms with E-state index >= 15 is 0 Å². The van der Waals surface area contributed by atoms with Gasteiger partial charge in [-0.1, -0.05) is 24.3 Å². The number of rotatable bonds is 6. The molecule has 0 aliphatic rings. The molecule has 0 unspecified atom stereocenters. The number of esters is 1. The smallest absolute Gasteiger partial charge is 0.325 e. The molecule has 0 N–H and O–H groups in total. The molecular weight excluding hydrogens is 336 g/mol. The van der Waals surface area contributed by atoms with Crippen molar-refractivity contribution in [3.8, 4) is 10.6 Å². The molecule has 0 aliphatic heterocycles. The number of amides is 1. The molecule has 1 heterocycles. The largest absolute Gasteiger partial charge is 0.465 e. The van der Waals surface area contributed by atoms with Crippen LogP contribution in [-0.4, -0.2) is 42.0 Å². The van der Waals surface area contributed by atoms with Gasteiger partial charge in [-0.15, -0.1) is 11.3 Å². The standard InChI is InChI=1S/C19H24N2O3S/c1-6-24-16(22)11-21(5)18(23)19(3,4)15-12-25-17(20-15)14-10-8-7-9-13(14)2/h7-10,12H,6,11H2,1-5H3. The number of hydrogen-bond donors (Lipinski definition) is 0. The minimum absolute atomic E-state index is 0.0646. The Bertz CT molecular complexity index is 768. The second kappa shape index (κ2) is 7.78. The third-order valence-corrected chi connectivity index (χ3v) is 4.95. The van der Waals surface area contributed by atoms with Gasteiger partial charge in [0.05, 0.1) is 17.7 Å². The van der Waals surface area contributed by atoms with E-state index in [4.69, 9.17) is 4.74 Å². The number of ether oxygens (including phenoxy) is 1. The summed E-state index contributed by atoms with van der Waals surface area (Å²) in [6, 6.07) is 8.04. The van der Waals surface area contributed by atoms with Crippen LogP contribution in [0.1, 0.15) is 32.0 Å². The van der Waals surface area contributed by atoms with E-state index in [-0.39, 0.29) is 12.5 Å². The fraction of sp³-hybridized carbons (Fsp3) is 0.421. The summed E-state index contributed by atoms with van der Waals surface area (Å²) in [5, 5.41) is 2.81. The molecule has 0 fully saturated rings. The maximum Gasteiger partial charge on any atom is 0.325 e. The lowest BCUT2D eigenvalue weighted by atomic mass is 9.88. The van der Waals surface area contributed by atoms with Crippen LogP contribution in [-0.2, 0) is 19.7 Å². The second-order valence-corrected chi connectivity index (χ2v) is 7.30. The first kappa shape index (κ1) is 19.1. The average molecular weight is 360 g/mol. The highest BCUT2D eigenvalue weighted by atomic mass is 32.1. The Labute approximate surface area is 152 Å². The van der Waals surface area contributed by atoms with Crippen molar-refractivity contribution in [1.29, 1.82) is 0 Å². The number of hydrogen-bond acceptors (Lipinski definition) is 5. The van der Waals surface area contributed by atoms with Crippen molar-refractivity contribution >= 4 is 23.2 Å². The van der Waals surface area contributed by atoms with Crippen molar-refractivity contribution in [1.82, 2.24) is 9.88 Å². The number of likely N-dealkylation sites (N-methyl/N-ethyl adjacent to an activating group) is 1. The summed E-state index contributed by atoms with van der Waals surface area (Å²) in [4.78, 5) is 30.5. The molecule has 0 saturated carbocycles. The summed E-state index contributed by atoms with van der Waals surface area (Å²) in [6.07, 6.45) is 0. The molecule has 1 aromatic heterocycles. The van der Waals surface area contributed by atoms with Crippen LogP contribution in [0.15, 0.2) is 29.6 Å². The van der Waals surface area contributed by atoms with Crippen molar-refractivity contribution in [3.63, 3.8) is 0 Å². The highest BCUT2D eigenvalue weighted by Crippen LogP contribution is 2.32. The normalized spacial score (nSPS) is 11.2. The van der Waals surface area contributed by atoms with Crippen molar-refractivity contribution < 1.29 is 14.3 Å². The molecule has 2 aromatic rings. The third kappa shape index (κ3) is 4.25. The number of thiazole rings is 1. The highest BCUT2D eigenvalue weighted by molar-refractivity contribution is 7.13. The molecule has 6 heteroatoms. The molecule has 0 bridgehead atoms. The van der Waals surface area contributed by atoms with E-state index in [1.54, 1.807) is 14.0 Å². The predicted octanol–water partition coefficient (Wildman–Crippen LogP) is 3.42. The van der Waals surface area contributed by atoms with Crippen LogP contribution in [0.25, 0.3) is 10.6 Å². The van der Waals surface area contributed by atoms with E-state index < -0.39 is 11.4 Å². The number of aryl methyl sites for hydroxylation is 1. The number of benzene rings is 1. The summed E-state index contributed by atoms with van der Waals surface area (Å²) in [5.74, 6) is -0.574. The first-order valence-electron chi connectivity index (χ1n) is 8.20. The molecule has 1 aromatic carbocycles. The summed E-state index contributed by atoms with van der Waals surface area (Å²) in [5.41, 5.74) is 2.10. The molecule has 25 heavy (non-hydrogen) atoms. The minimum atomic E-state index is -0.821. The van der Waals surface area contributed by atoms with Crippen LogP contribution in [0.3, 0.4) is 0 Å². The van der Waals surface area contributed by atoms with Gasteiger partial charge >= 0.3 is 5.97 Å². The first-order chi connectivity index (χ1) is 11.8. The Morgan fingerprint density at radius 1 is 1.28 bits per heavy atom. The minimum Gasteiger partial charge on any atom is -0.465 e. The van der Waals surface area contributed by atoms with E-state index in [9.17, 15) is 9.59 Å². The highest BCUT2D eigenvalue weighted by Gasteiger charge is 2.35. The summed E-state index contributed by atoms with van der Waals surface area (Å²) in [7, 11) is 1.61. The zero-order valence-electron chi connectivity index (χ0n) is 15.3. The molecule has 0 aliphatic carbocycles. The maximum atomic E-state index is 12.8. The van der Waals surface area contributed by atoms with Gasteiger partial charge in [0.1, 0.15) is 11.6 Å². The van der Waals surface area contributed by atoms with Crippen molar-refractivity contribution in [2.24, 2.45) is 0 Å². The summed E-state index contributed by atoms with van der Waals surface area (Å²) in [6.45, 7) is 7.67. The van der Waals surface area contributed by atoms with Crippen LogP contribution in [0.5, 0.6) is 0 Å². The second-order valence-electron chi connectivity index (χ2n) is 6.44. The van der Waals surface area contributed by atoms with Gasteiger partial charge in [-0.05, 0) is 33.3 Å². The third-order valence-electron chi connectivity index (χ3n) is 4.07. The number of carbonyl (C=O) groups excluding carboxylic acids is 2. The van der Waals surface area contributed by atoms with Gasteiger partial charge in [0.15, 0.2) is 0 Å². The van der Waals surface area contributed by atoms with E-state index in [0.717, 1.165) is 16.1 Å². The first-order valence-corrected chi connectivity index (χ1v) is 9.08. The Morgan fingerprint density at radius 3 is 2.60 bits per heavy atom. The van der Waals surface area contributed by atoms with Crippen molar-refractivity contribution in [2.75, 3.05) is 20.2 Å². The maximum absolute atomic E-state index is 12.8. The van der Waals surface area contributed by atoms with Gasteiger partial charge < -0.3 is 9.64 Å². The Hall–Kier alpha value is -2.21. The van der Waals surface area contributed by atoms with Crippen molar-refractivity contribution in [2.45, 2.75) is 33.1 Å². The zero-order chi connectivity index (χ0) is 18.6.